The van der Waals surface area contributed by atoms with Gasteiger partial charge in [0.25, 0.3) is 0 Å². The van der Waals surface area contributed by atoms with Gasteiger partial charge in [-0.2, -0.15) is 0 Å². The average Bonchev–Trinajstić information content (AvgIpc) is 2.54. The molecule has 3 nitrogen and oxygen atoms in total. The van der Waals surface area contributed by atoms with Crippen LogP contribution >= 0.6 is 0 Å². The fourth-order valence-electron chi connectivity index (χ4n) is 1.19. The lowest BCUT2D eigenvalue weighted by Gasteiger charge is -2.24. The zero-order valence-electron chi connectivity index (χ0n) is 8.33. The fraction of sp³-hybridized carbons (Fsp3) is 0.500. The van der Waals surface area contributed by atoms with E-state index in [2.05, 4.69) is 30.1 Å². The summed E-state index contributed by atoms with van der Waals surface area (Å²) in [4.78, 5) is 4.08. The molecule has 3 heteroatoms. The summed E-state index contributed by atoms with van der Waals surface area (Å²) in [7, 11) is 1.92. The maximum atomic E-state index is 5.25. The standard InChI is InChI=1S/C10H15N3/c1-5-6-13-8-12-7-9(13)10(2,3)11-4/h1,7-8,11H,6H2,2-4H3. The highest BCUT2D eigenvalue weighted by molar-refractivity contribution is 5.12. The van der Waals surface area contributed by atoms with E-state index in [4.69, 9.17) is 6.42 Å². The van der Waals surface area contributed by atoms with Crippen LogP contribution in [0.25, 0.3) is 0 Å². The quantitative estimate of drug-likeness (QED) is 0.697. The SMILES string of the molecule is C#CCn1cncc1C(C)(C)NC. The normalized spacial score (nSPS) is 11.2. The van der Waals surface area contributed by atoms with Gasteiger partial charge >= 0.3 is 0 Å². The predicted molar refractivity (Wildman–Crippen MR) is 53.1 cm³/mol. The molecular formula is C10H15N3. The van der Waals surface area contributed by atoms with Crippen LogP contribution in [0.2, 0.25) is 0 Å². The number of aromatic nitrogens is 2. The summed E-state index contributed by atoms with van der Waals surface area (Å²) < 4.78 is 1.97. The summed E-state index contributed by atoms with van der Waals surface area (Å²) in [5.41, 5.74) is 1.01. The van der Waals surface area contributed by atoms with Gasteiger partial charge in [-0.05, 0) is 20.9 Å². The molecule has 0 aliphatic carbocycles. The topological polar surface area (TPSA) is 29.9 Å². The van der Waals surface area contributed by atoms with Gasteiger partial charge in [0.15, 0.2) is 0 Å². The Labute approximate surface area is 79.2 Å². The first-order valence-electron chi connectivity index (χ1n) is 4.25. The first-order chi connectivity index (χ1) is 6.11. The maximum Gasteiger partial charge on any atom is 0.0957 e. The minimum Gasteiger partial charge on any atom is -0.321 e. The molecule has 70 valence electrons. The van der Waals surface area contributed by atoms with Gasteiger partial charge < -0.3 is 9.88 Å². The maximum absolute atomic E-state index is 5.25. The summed E-state index contributed by atoms with van der Waals surface area (Å²) >= 11 is 0. The summed E-state index contributed by atoms with van der Waals surface area (Å²) in [6.45, 7) is 4.76. The van der Waals surface area contributed by atoms with Crippen LogP contribution in [0.1, 0.15) is 19.5 Å². The van der Waals surface area contributed by atoms with Crippen molar-refractivity contribution in [1.29, 1.82) is 0 Å². The molecule has 1 N–H and O–H groups in total. The van der Waals surface area contributed by atoms with E-state index in [0.717, 1.165) is 5.69 Å². The highest BCUT2D eigenvalue weighted by Crippen LogP contribution is 2.18. The first kappa shape index (κ1) is 9.82. The van der Waals surface area contributed by atoms with E-state index in [-0.39, 0.29) is 5.54 Å². The Morgan fingerprint density at radius 3 is 2.92 bits per heavy atom. The highest BCUT2D eigenvalue weighted by Gasteiger charge is 2.21. The Balaban J connectivity index is 3.01. The van der Waals surface area contributed by atoms with Crippen LogP contribution < -0.4 is 5.32 Å². The van der Waals surface area contributed by atoms with Crippen LogP contribution in [0.3, 0.4) is 0 Å². The number of rotatable bonds is 3. The van der Waals surface area contributed by atoms with E-state index >= 15 is 0 Å². The predicted octanol–water partition coefficient (Wildman–Crippen LogP) is 0.971. The third kappa shape index (κ3) is 1.90. The van der Waals surface area contributed by atoms with Gasteiger partial charge in [0.1, 0.15) is 0 Å². The van der Waals surface area contributed by atoms with Crippen molar-refractivity contribution in [2.24, 2.45) is 0 Å². The largest absolute Gasteiger partial charge is 0.321 e. The highest BCUT2D eigenvalue weighted by atomic mass is 15.1. The molecule has 0 atom stereocenters. The molecule has 1 heterocycles. The van der Waals surface area contributed by atoms with Crippen molar-refractivity contribution in [2.75, 3.05) is 7.05 Å². The molecule has 0 unspecified atom stereocenters. The van der Waals surface area contributed by atoms with Crippen molar-refractivity contribution in [3.63, 3.8) is 0 Å². The second-order valence-corrected chi connectivity index (χ2v) is 3.49. The lowest BCUT2D eigenvalue weighted by Crippen LogP contribution is -2.35. The number of nitrogens with zero attached hydrogens (tertiary/aromatic N) is 2. The molecule has 13 heavy (non-hydrogen) atoms. The number of hydrogen-bond donors (Lipinski definition) is 1. The van der Waals surface area contributed by atoms with Crippen LogP contribution in [0.15, 0.2) is 12.5 Å². The minimum atomic E-state index is -0.0899. The van der Waals surface area contributed by atoms with Crippen molar-refractivity contribution >= 4 is 0 Å². The Morgan fingerprint density at radius 1 is 1.69 bits per heavy atom. The van der Waals surface area contributed by atoms with Crippen LogP contribution in [0.5, 0.6) is 0 Å². The van der Waals surface area contributed by atoms with E-state index in [9.17, 15) is 0 Å². The first-order valence-corrected chi connectivity index (χ1v) is 4.25. The lowest BCUT2D eigenvalue weighted by atomic mass is 10.0. The minimum absolute atomic E-state index is 0.0899. The molecule has 1 aromatic rings. The summed E-state index contributed by atoms with van der Waals surface area (Å²) in [6.07, 6.45) is 8.85. The van der Waals surface area contributed by atoms with E-state index in [0.29, 0.717) is 6.54 Å². The van der Waals surface area contributed by atoms with Crippen LogP contribution in [0, 0.1) is 12.3 Å². The second kappa shape index (κ2) is 3.63. The third-order valence-electron chi connectivity index (χ3n) is 2.24. The molecule has 0 spiro atoms. The Hall–Kier alpha value is -1.27. The molecule has 0 fully saturated rings. The second-order valence-electron chi connectivity index (χ2n) is 3.49. The van der Waals surface area contributed by atoms with Crippen molar-refractivity contribution in [3.8, 4) is 12.3 Å². The van der Waals surface area contributed by atoms with E-state index in [1.54, 1.807) is 6.33 Å². The van der Waals surface area contributed by atoms with Gasteiger partial charge in [0.05, 0.1) is 30.3 Å². The molecule has 0 saturated carbocycles. The summed E-state index contributed by atoms with van der Waals surface area (Å²) in [5, 5.41) is 3.21. The molecule has 0 aromatic carbocycles. The van der Waals surface area contributed by atoms with Gasteiger partial charge in [-0.3, -0.25) is 0 Å². The molecule has 0 aliphatic rings. The Morgan fingerprint density at radius 2 is 2.38 bits per heavy atom. The number of nitrogens with one attached hydrogen (secondary N) is 1. The molecule has 0 radical (unpaired) electrons. The van der Waals surface area contributed by atoms with Crippen molar-refractivity contribution in [2.45, 2.75) is 25.9 Å². The zero-order valence-corrected chi connectivity index (χ0v) is 8.33. The van der Waals surface area contributed by atoms with Crippen molar-refractivity contribution < 1.29 is 0 Å². The molecule has 0 amide bonds. The monoisotopic (exact) mass is 177 g/mol. The Kier molecular flexibility index (Phi) is 2.74. The smallest absolute Gasteiger partial charge is 0.0957 e. The summed E-state index contributed by atoms with van der Waals surface area (Å²) in [5.74, 6) is 2.60. The van der Waals surface area contributed by atoms with E-state index in [1.165, 1.54) is 0 Å². The number of imidazole rings is 1. The van der Waals surface area contributed by atoms with Gasteiger partial charge in [-0.1, -0.05) is 5.92 Å². The lowest BCUT2D eigenvalue weighted by molar-refractivity contribution is 0.415. The Bertz CT molecular complexity index is 317. The van der Waals surface area contributed by atoms with Crippen LogP contribution in [0.4, 0.5) is 0 Å². The zero-order chi connectivity index (χ0) is 9.90. The van der Waals surface area contributed by atoms with E-state index in [1.807, 2.05) is 17.8 Å². The van der Waals surface area contributed by atoms with Crippen molar-refractivity contribution in [1.82, 2.24) is 14.9 Å². The van der Waals surface area contributed by atoms with Gasteiger partial charge in [0, 0.05) is 0 Å². The van der Waals surface area contributed by atoms with Gasteiger partial charge in [-0.25, -0.2) is 4.98 Å². The number of terminal acetylenes is 1. The molecule has 0 bridgehead atoms. The van der Waals surface area contributed by atoms with Crippen LogP contribution in [-0.2, 0) is 12.1 Å². The molecule has 0 aliphatic heterocycles. The van der Waals surface area contributed by atoms with Gasteiger partial charge in [0.2, 0.25) is 0 Å². The van der Waals surface area contributed by atoms with Crippen LogP contribution in [-0.4, -0.2) is 16.6 Å². The average molecular weight is 177 g/mol. The summed E-state index contributed by atoms with van der Waals surface area (Å²) in [6, 6.07) is 0. The molecule has 1 aromatic heterocycles. The third-order valence-corrected chi connectivity index (χ3v) is 2.24. The van der Waals surface area contributed by atoms with E-state index < -0.39 is 0 Å². The fourth-order valence-corrected chi connectivity index (χ4v) is 1.19. The molecular weight excluding hydrogens is 162 g/mol. The number of hydrogen-bond acceptors (Lipinski definition) is 2. The molecule has 1 rings (SSSR count). The van der Waals surface area contributed by atoms with Crippen molar-refractivity contribution in [3.05, 3.63) is 18.2 Å². The molecule has 0 saturated heterocycles. The van der Waals surface area contributed by atoms with Gasteiger partial charge in [-0.15, -0.1) is 6.42 Å².